The summed E-state index contributed by atoms with van der Waals surface area (Å²) in [6.45, 7) is 0.673. The average Bonchev–Trinajstić information content (AvgIpc) is 3.25. The molecule has 1 fully saturated rings. The number of H-pyrrole nitrogens is 1. The first-order valence-corrected chi connectivity index (χ1v) is 13.1. The number of aromatic amines is 1. The Morgan fingerprint density at radius 2 is 1.76 bits per heavy atom. The van der Waals surface area contributed by atoms with Crippen molar-refractivity contribution in [2.24, 2.45) is 0 Å². The van der Waals surface area contributed by atoms with Crippen LogP contribution in [0.3, 0.4) is 0 Å². The smallest absolute Gasteiger partial charge is 0.339 e. The van der Waals surface area contributed by atoms with Gasteiger partial charge in [-0.3, -0.25) is 14.0 Å². The molecule has 1 aliphatic rings. The fourth-order valence-electron chi connectivity index (χ4n) is 4.87. The summed E-state index contributed by atoms with van der Waals surface area (Å²) >= 11 is 12.4. The van der Waals surface area contributed by atoms with E-state index in [1.807, 2.05) is 0 Å². The minimum atomic E-state index is -5.11. The van der Waals surface area contributed by atoms with Crippen LogP contribution in [0.2, 0.25) is 10.2 Å². The molecule has 0 aliphatic carbocycles. The Balaban J connectivity index is 1.26. The van der Waals surface area contributed by atoms with E-state index in [0.717, 1.165) is 5.56 Å². The van der Waals surface area contributed by atoms with Crippen molar-refractivity contribution in [2.45, 2.75) is 31.4 Å². The normalized spacial score (nSPS) is 14.4. The molecule has 5 rings (SSSR count). The summed E-state index contributed by atoms with van der Waals surface area (Å²) in [7, 11) is 0. The molecule has 1 aliphatic heterocycles. The third-order valence-corrected chi connectivity index (χ3v) is 7.69. The maximum absolute atomic E-state index is 14.8. The Labute approximate surface area is 239 Å². The number of nitrogens with one attached hydrogen (secondary N) is 1. The largest absolute Gasteiger partial charge is 0.498 e. The second-order valence-corrected chi connectivity index (χ2v) is 10.3. The van der Waals surface area contributed by atoms with Crippen molar-refractivity contribution < 1.29 is 36.7 Å². The summed E-state index contributed by atoms with van der Waals surface area (Å²) in [5.74, 6) is -3.47. The van der Waals surface area contributed by atoms with Gasteiger partial charge in [0.15, 0.2) is 0 Å². The molecule has 214 valence electrons. The van der Waals surface area contributed by atoms with Gasteiger partial charge >= 0.3 is 12.1 Å². The number of halogens is 6. The molecule has 1 saturated heterocycles. The van der Waals surface area contributed by atoms with Gasteiger partial charge in [0.25, 0.3) is 11.5 Å². The Morgan fingerprint density at radius 1 is 1.07 bits per heavy atom. The number of nitrogens with zero attached hydrogens (tertiary/aromatic N) is 3. The third-order valence-electron chi connectivity index (χ3n) is 6.94. The van der Waals surface area contributed by atoms with Crippen LogP contribution in [0.25, 0.3) is 5.52 Å². The molecular formula is C27H21Cl2F4N4O4+. The van der Waals surface area contributed by atoms with Gasteiger partial charge in [-0.05, 0) is 48.1 Å². The molecule has 4 heterocycles. The van der Waals surface area contributed by atoms with Crippen LogP contribution in [0.1, 0.15) is 45.9 Å². The quantitative estimate of drug-likeness (QED) is 0.266. The molecular weight excluding hydrogens is 591 g/mol. The zero-order chi connectivity index (χ0) is 29.5. The van der Waals surface area contributed by atoms with Crippen LogP contribution >= 0.6 is 23.2 Å². The highest BCUT2D eigenvalue weighted by molar-refractivity contribution is 6.42. The van der Waals surface area contributed by atoms with Gasteiger partial charge in [0.1, 0.15) is 16.5 Å². The summed E-state index contributed by atoms with van der Waals surface area (Å²) in [5, 5.41) is 0.377. The number of carbonyl (C=O) groups excluding carboxylic acids is 2. The van der Waals surface area contributed by atoms with E-state index in [9.17, 15) is 31.9 Å². The Morgan fingerprint density at radius 3 is 2.41 bits per heavy atom. The fraction of sp³-hybridized carbons (Fsp3) is 0.259. The molecule has 0 unspecified atom stereocenters. The van der Waals surface area contributed by atoms with Gasteiger partial charge in [-0.1, -0.05) is 29.3 Å². The van der Waals surface area contributed by atoms with Crippen LogP contribution in [0.5, 0.6) is 0 Å². The number of piperidine rings is 1. The van der Waals surface area contributed by atoms with Gasteiger partial charge in [-0.25, -0.2) is 9.18 Å². The number of hydrogen-bond donors (Lipinski definition) is 1. The van der Waals surface area contributed by atoms with Crippen LogP contribution in [0, 0.1) is 5.82 Å². The maximum atomic E-state index is 14.8. The number of amides is 1. The van der Waals surface area contributed by atoms with E-state index in [4.69, 9.17) is 23.2 Å². The minimum absolute atomic E-state index is 0.00369. The highest BCUT2D eigenvalue weighted by atomic mass is 35.5. The molecule has 1 aromatic carbocycles. The van der Waals surface area contributed by atoms with Crippen molar-refractivity contribution >= 4 is 40.6 Å². The van der Waals surface area contributed by atoms with Crippen molar-refractivity contribution in [2.75, 3.05) is 13.1 Å². The van der Waals surface area contributed by atoms with E-state index in [0.29, 0.717) is 41.9 Å². The monoisotopic (exact) mass is 611 g/mol. The van der Waals surface area contributed by atoms with Gasteiger partial charge in [0.2, 0.25) is 12.4 Å². The molecule has 8 nitrogen and oxygen atoms in total. The van der Waals surface area contributed by atoms with Crippen molar-refractivity contribution in [3.8, 4) is 0 Å². The molecule has 3 aromatic heterocycles. The summed E-state index contributed by atoms with van der Waals surface area (Å²) in [6, 6.07) is 8.78. The van der Waals surface area contributed by atoms with Crippen molar-refractivity contribution in [3.63, 3.8) is 0 Å². The zero-order valence-corrected chi connectivity index (χ0v) is 22.6. The number of hydrogen-bond acceptors (Lipinski definition) is 4. The average molecular weight is 612 g/mol. The number of benzene rings is 1. The van der Waals surface area contributed by atoms with Crippen molar-refractivity contribution in [1.29, 1.82) is 0 Å². The van der Waals surface area contributed by atoms with Gasteiger partial charge in [0, 0.05) is 48.3 Å². The lowest BCUT2D eigenvalue weighted by Crippen LogP contribution is -2.49. The molecule has 0 atom stereocenters. The number of aromatic nitrogens is 3. The van der Waals surface area contributed by atoms with Crippen LogP contribution in [0.15, 0.2) is 59.8 Å². The third kappa shape index (κ3) is 5.94. The molecule has 1 amide bonds. The topological polar surface area (TPSA) is 87.8 Å². The molecule has 1 N–H and O–H groups in total. The van der Waals surface area contributed by atoms with E-state index in [2.05, 4.69) is 9.82 Å². The summed E-state index contributed by atoms with van der Waals surface area (Å²) in [6.07, 6.45) is 0.114. The predicted molar refractivity (Wildman–Crippen MR) is 139 cm³/mol. The fourth-order valence-corrected chi connectivity index (χ4v) is 5.31. The molecule has 41 heavy (non-hydrogen) atoms. The molecule has 0 saturated carbocycles. The number of fused-ring (bicyclic) bond motifs is 1. The lowest BCUT2D eigenvalue weighted by atomic mass is 9.90. The Kier molecular flexibility index (Phi) is 7.80. The van der Waals surface area contributed by atoms with E-state index in [1.165, 1.54) is 41.2 Å². The number of rotatable bonds is 5. The second kappa shape index (κ2) is 11.2. The number of alkyl halides is 3. The van der Waals surface area contributed by atoms with Gasteiger partial charge < -0.3 is 9.88 Å². The molecule has 4 aromatic rings. The first-order chi connectivity index (χ1) is 19.4. The van der Waals surface area contributed by atoms with Gasteiger partial charge in [-0.2, -0.15) is 18.0 Å². The van der Waals surface area contributed by atoms with Crippen LogP contribution in [-0.4, -0.2) is 45.4 Å². The van der Waals surface area contributed by atoms with E-state index in [1.54, 1.807) is 23.1 Å². The van der Waals surface area contributed by atoms with Crippen LogP contribution < -0.4 is 15.1 Å². The summed E-state index contributed by atoms with van der Waals surface area (Å²) in [4.78, 5) is 44.8. The number of likely N-dealkylation sites (tertiary alicyclic amines) is 1. The Bertz CT molecular complexity index is 1690. The highest BCUT2D eigenvalue weighted by Crippen LogP contribution is 2.30. The molecule has 0 bridgehead atoms. The SMILES string of the molecule is O=C(c1cc(Cc2c[nH]c(=O)c3cc(Cl)c(Cl)n23)ccc1F)N1CCC(c2cc[n+](OC(=O)C(F)(F)F)cc2)CC1. The predicted octanol–water partition coefficient (Wildman–Crippen LogP) is 4.49. The minimum Gasteiger partial charge on any atom is -0.339 e. The van der Waals surface area contributed by atoms with Crippen LogP contribution in [-0.2, 0) is 11.2 Å². The van der Waals surface area contributed by atoms with E-state index >= 15 is 0 Å². The molecule has 14 heteroatoms. The van der Waals surface area contributed by atoms with Gasteiger partial charge in [0.05, 0.1) is 10.6 Å². The first kappa shape index (κ1) is 28.6. The molecule has 0 spiro atoms. The summed E-state index contributed by atoms with van der Waals surface area (Å²) in [5.41, 5.74) is 1.79. The standard InChI is InChI=1S/C27H20Cl2F4N4O4/c28-20-13-22-24(38)34-14-18(37(22)23(20)29)11-15-1-2-21(30)19(12-15)25(39)35-7-3-16(4-8-35)17-5-9-36(10-6-17)41-26(40)27(31,32)33/h1-2,5-6,9-10,12-14,16H,3-4,7-8,11H2/p+1. The maximum Gasteiger partial charge on any atom is 0.498 e. The second-order valence-electron chi connectivity index (χ2n) is 9.54. The number of pyridine rings is 1. The lowest BCUT2D eigenvalue weighted by Gasteiger charge is -2.32. The van der Waals surface area contributed by atoms with Crippen molar-refractivity contribution in [3.05, 3.63) is 104 Å². The molecule has 0 radical (unpaired) electrons. The Hall–Kier alpha value is -3.90. The van der Waals surface area contributed by atoms with E-state index in [-0.39, 0.29) is 39.2 Å². The first-order valence-electron chi connectivity index (χ1n) is 12.4. The summed E-state index contributed by atoms with van der Waals surface area (Å²) < 4.78 is 54.1. The zero-order valence-electron chi connectivity index (χ0n) is 21.1. The van der Waals surface area contributed by atoms with Gasteiger partial charge in [-0.15, -0.1) is 0 Å². The lowest BCUT2D eigenvalue weighted by molar-refractivity contribution is -0.871. The highest BCUT2D eigenvalue weighted by Gasteiger charge is 2.44. The number of carbonyl (C=O) groups is 2. The van der Waals surface area contributed by atoms with E-state index < -0.39 is 23.9 Å². The van der Waals surface area contributed by atoms with Crippen LogP contribution in [0.4, 0.5) is 17.6 Å². The van der Waals surface area contributed by atoms with Crippen molar-refractivity contribution in [1.82, 2.24) is 14.3 Å².